The summed E-state index contributed by atoms with van der Waals surface area (Å²) in [5, 5.41) is 6.77. The fourth-order valence-corrected chi connectivity index (χ4v) is 4.30. The van der Waals surface area contributed by atoms with Crippen LogP contribution in [0.3, 0.4) is 0 Å². The summed E-state index contributed by atoms with van der Waals surface area (Å²) in [5.74, 6) is 0.796. The van der Waals surface area contributed by atoms with E-state index in [1.54, 1.807) is 0 Å². The molecule has 0 spiro atoms. The topological polar surface area (TPSA) is 44.4 Å². The first-order valence-electron chi connectivity index (χ1n) is 9.48. The third-order valence-electron chi connectivity index (χ3n) is 5.50. The quantitative estimate of drug-likeness (QED) is 0.731. The molecule has 2 saturated heterocycles. The van der Waals surface area contributed by atoms with Crippen molar-refractivity contribution in [1.29, 1.82) is 0 Å². The molecule has 2 atom stereocenters. The Bertz CT molecular complexity index is 558. The molecule has 2 heterocycles. The summed E-state index contributed by atoms with van der Waals surface area (Å²) >= 11 is 0. The number of likely N-dealkylation sites (N-methyl/N-ethyl adjacent to an activating group) is 1. The van der Waals surface area contributed by atoms with Gasteiger partial charge in [0.05, 0.1) is 0 Å². The minimum atomic E-state index is 0. The summed E-state index contributed by atoms with van der Waals surface area (Å²) in [7, 11) is 0. The standard InChI is InChI=1S/C20H31N3O.2ClH/c1-3-23(19-6-4-5-15(2)11-19)10-9-21-20(24)14-16-12-17-7-8-18(13-16)22-17;;/h4-6,11,16-18,22H,3,7-10,12-14H2,1-2H3,(H,21,24);2*1H. The smallest absolute Gasteiger partial charge is 0.220 e. The maximum absolute atomic E-state index is 12.3. The number of piperidine rings is 1. The molecule has 2 fully saturated rings. The number of nitrogens with one attached hydrogen (secondary N) is 2. The molecule has 4 nitrogen and oxygen atoms in total. The van der Waals surface area contributed by atoms with Gasteiger partial charge in [-0.3, -0.25) is 4.79 Å². The van der Waals surface area contributed by atoms with Gasteiger partial charge < -0.3 is 15.5 Å². The monoisotopic (exact) mass is 401 g/mol. The molecule has 0 radical (unpaired) electrons. The molecular weight excluding hydrogens is 369 g/mol. The first-order valence-corrected chi connectivity index (χ1v) is 9.48. The van der Waals surface area contributed by atoms with E-state index in [2.05, 4.69) is 53.6 Å². The Labute approximate surface area is 170 Å². The normalized spacial score (nSPS) is 23.5. The first kappa shape index (κ1) is 23.1. The van der Waals surface area contributed by atoms with Gasteiger partial charge in [-0.15, -0.1) is 24.8 Å². The number of carbonyl (C=O) groups is 1. The molecule has 1 aromatic carbocycles. The van der Waals surface area contributed by atoms with E-state index in [-0.39, 0.29) is 30.7 Å². The van der Waals surface area contributed by atoms with Crippen molar-refractivity contribution in [1.82, 2.24) is 10.6 Å². The molecule has 0 aliphatic carbocycles. The van der Waals surface area contributed by atoms with Crippen LogP contribution in [0.25, 0.3) is 0 Å². The second kappa shape index (κ2) is 11.0. The van der Waals surface area contributed by atoms with Crippen LogP contribution in [0, 0.1) is 12.8 Å². The fraction of sp³-hybridized carbons (Fsp3) is 0.650. The maximum Gasteiger partial charge on any atom is 0.220 e. The van der Waals surface area contributed by atoms with Crippen LogP contribution in [0.1, 0.15) is 44.6 Å². The Morgan fingerprint density at radius 3 is 2.54 bits per heavy atom. The summed E-state index contributed by atoms with van der Waals surface area (Å²) in [6, 6.07) is 9.89. The zero-order valence-electron chi connectivity index (χ0n) is 15.9. The van der Waals surface area contributed by atoms with E-state index in [4.69, 9.17) is 0 Å². The van der Waals surface area contributed by atoms with Gasteiger partial charge in [0, 0.05) is 43.8 Å². The van der Waals surface area contributed by atoms with Crippen LogP contribution in [-0.4, -0.2) is 37.6 Å². The molecule has 2 aliphatic rings. The summed E-state index contributed by atoms with van der Waals surface area (Å²) in [6.45, 7) is 6.82. The third kappa shape index (κ3) is 6.33. The zero-order chi connectivity index (χ0) is 16.9. The van der Waals surface area contributed by atoms with E-state index in [9.17, 15) is 4.79 Å². The number of anilines is 1. The average Bonchev–Trinajstić information content (AvgIpc) is 2.90. The highest BCUT2D eigenvalue weighted by Gasteiger charge is 2.34. The van der Waals surface area contributed by atoms with E-state index in [0.717, 1.165) is 19.6 Å². The van der Waals surface area contributed by atoms with Gasteiger partial charge >= 0.3 is 0 Å². The molecule has 148 valence electrons. The number of halogens is 2. The van der Waals surface area contributed by atoms with Crippen LogP contribution in [0.2, 0.25) is 0 Å². The number of hydrogen-bond donors (Lipinski definition) is 2. The minimum Gasteiger partial charge on any atom is -0.370 e. The number of aryl methyl sites for hydroxylation is 1. The van der Waals surface area contributed by atoms with Crippen molar-refractivity contribution in [2.24, 2.45) is 5.92 Å². The van der Waals surface area contributed by atoms with Crippen molar-refractivity contribution in [3.63, 3.8) is 0 Å². The molecule has 0 saturated carbocycles. The van der Waals surface area contributed by atoms with Crippen molar-refractivity contribution in [2.75, 3.05) is 24.5 Å². The highest BCUT2D eigenvalue weighted by molar-refractivity contribution is 5.85. The Balaban J connectivity index is 0.00000169. The Morgan fingerprint density at radius 2 is 1.92 bits per heavy atom. The number of carbonyl (C=O) groups excluding carboxylic acids is 1. The number of rotatable bonds is 7. The van der Waals surface area contributed by atoms with Crippen molar-refractivity contribution in [3.05, 3.63) is 29.8 Å². The van der Waals surface area contributed by atoms with Crippen LogP contribution in [0.15, 0.2) is 24.3 Å². The highest BCUT2D eigenvalue weighted by atomic mass is 35.5. The van der Waals surface area contributed by atoms with E-state index in [0.29, 0.717) is 24.4 Å². The number of nitrogens with zero attached hydrogens (tertiary/aromatic N) is 1. The molecule has 26 heavy (non-hydrogen) atoms. The number of amides is 1. The molecule has 2 unspecified atom stereocenters. The molecule has 6 heteroatoms. The molecule has 0 aromatic heterocycles. The molecule has 2 bridgehead atoms. The average molecular weight is 402 g/mol. The number of hydrogen-bond acceptors (Lipinski definition) is 3. The van der Waals surface area contributed by atoms with Gasteiger partial charge in [0.15, 0.2) is 0 Å². The van der Waals surface area contributed by atoms with Crippen molar-refractivity contribution >= 4 is 36.4 Å². The largest absolute Gasteiger partial charge is 0.370 e. The van der Waals surface area contributed by atoms with E-state index in [1.165, 1.54) is 36.9 Å². The second-order valence-electron chi connectivity index (χ2n) is 7.45. The van der Waals surface area contributed by atoms with Crippen LogP contribution in [-0.2, 0) is 4.79 Å². The Morgan fingerprint density at radius 1 is 1.23 bits per heavy atom. The van der Waals surface area contributed by atoms with E-state index < -0.39 is 0 Å². The predicted octanol–water partition coefficient (Wildman–Crippen LogP) is 3.70. The van der Waals surface area contributed by atoms with Crippen LogP contribution in [0.4, 0.5) is 5.69 Å². The van der Waals surface area contributed by atoms with Crippen LogP contribution < -0.4 is 15.5 Å². The van der Waals surface area contributed by atoms with Gasteiger partial charge in [0.1, 0.15) is 0 Å². The van der Waals surface area contributed by atoms with Gasteiger partial charge in [-0.25, -0.2) is 0 Å². The Kier molecular flexibility index (Phi) is 9.77. The van der Waals surface area contributed by atoms with Crippen molar-refractivity contribution in [2.45, 2.75) is 58.0 Å². The lowest BCUT2D eigenvalue weighted by Crippen LogP contribution is -2.40. The maximum atomic E-state index is 12.3. The first-order chi connectivity index (χ1) is 11.6. The number of fused-ring (bicyclic) bond motifs is 2. The number of benzene rings is 1. The SMILES string of the molecule is CCN(CCNC(=O)CC1CC2CCC(C1)N2)c1cccc(C)c1.Cl.Cl. The van der Waals surface area contributed by atoms with Crippen LogP contribution >= 0.6 is 24.8 Å². The van der Waals surface area contributed by atoms with Gasteiger partial charge in [0.25, 0.3) is 0 Å². The lowest BCUT2D eigenvalue weighted by atomic mass is 9.89. The van der Waals surface area contributed by atoms with Crippen LogP contribution in [0.5, 0.6) is 0 Å². The minimum absolute atomic E-state index is 0. The van der Waals surface area contributed by atoms with Gasteiger partial charge in [0.2, 0.25) is 5.91 Å². The summed E-state index contributed by atoms with van der Waals surface area (Å²) in [4.78, 5) is 14.6. The van der Waals surface area contributed by atoms with Gasteiger partial charge in [-0.1, -0.05) is 12.1 Å². The van der Waals surface area contributed by atoms with Crippen molar-refractivity contribution in [3.8, 4) is 0 Å². The van der Waals surface area contributed by atoms with E-state index in [1.807, 2.05) is 0 Å². The highest BCUT2D eigenvalue weighted by Crippen LogP contribution is 2.32. The second-order valence-corrected chi connectivity index (χ2v) is 7.45. The molecule has 2 aliphatic heterocycles. The molecule has 1 aromatic rings. The van der Waals surface area contributed by atoms with Gasteiger partial charge in [-0.2, -0.15) is 0 Å². The lowest BCUT2D eigenvalue weighted by molar-refractivity contribution is -0.122. The molecule has 1 amide bonds. The van der Waals surface area contributed by atoms with Gasteiger partial charge in [-0.05, 0) is 63.1 Å². The third-order valence-corrected chi connectivity index (χ3v) is 5.50. The fourth-order valence-electron chi connectivity index (χ4n) is 4.30. The van der Waals surface area contributed by atoms with E-state index >= 15 is 0 Å². The molecule has 2 N–H and O–H groups in total. The summed E-state index contributed by atoms with van der Waals surface area (Å²) in [5.41, 5.74) is 2.51. The zero-order valence-corrected chi connectivity index (χ0v) is 17.5. The molecule has 3 rings (SSSR count). The Hall–Kier alpha value is -0.970. The summed E-state index contributed by atoms with van der Waals surface area (Å²) < 4.78 is 0. The lowest BCUT2D eigenvalue weighted by Gasteiger charge is -2.29. The van der Waals surface area contributed by atoms with Crippen molar-refractivity contribution < 1.29 is 4.79 Å². The summed E-state index contributed by atoms with van der Waals surface area (Å²) in [6.07, 6.45) is 5.64. The predicted molar refractivity (Wildman–Crippen MR) is 114 cm³/mol. The molecular formula is C20H33Cl2N3O.